The first-order valence-corrected chi connectivity index (χ1v) is 6.85. The van der Waals surface area contributed by atoms with E-state index in [-0.39, 0.29) is 11.1 Å². The van der Waals surface area contributed by atoms with Crippen molar-refractivity contribution in [3.8, 4) is 0 Å². The summed E-state index contributed by atoms with van der Waals surface area (Å²) in [7, 11) is 0. The molecule has 0 atom stereocenters. The number of aromatic nitrogens is 2. The van der Waals surface area contributed by atoms with Crippen LogP contribution in [0, 0.1) is 17.0 Å². The summed E-state index contributed by atoms with van der Waals surface area (Å²) >= 11 is 7.96. The minimum atomic E-state index is -1.50. The van der Waals surface area contributed by atoms with E-state index in [1.165, 1.54) is 23.1 Å². The smallest absolute Gasteiger partial charge is 0.291 e. The molecule has 0 aliphatic heterocycles. The molecule has 0 aliphatic carbocycles. The quantitative estimate of drug-likeness (QED) is 0.416. The molecule has 0 saturated carbocycles. The molecule has 0 amide bonds. The second-order valence-corrected chi connectivity index (χ2v) is 4.53. The van der Waals surface area contributed by atoms with Crippen molar-refractivity contribution in [2.24, 2.45) is 0 Å². The summed E-state index contributed by atoms with van der Waals surface area (Å²) in [5.74, 6) is 0.304. The van der Waals surface area contributed by atoms with Crippen LogP contribution in [0.4, 0.5) is 0 Å². The zero-order valence-electron chi connectivity index (χ0n) is 9.58. The third-order valence-corrected chi connectivity index (χ3v) is 3.30. The lowest BCUT2D eigenvalue weighted by atomic mass is 10.4. The van der Waals surface area contributed by atoms with Gasteiger partial charge in [0, 0.05) is 21.9 Å². The van der Waals surface area contributed by atoms with Gasteiger partial charge in [-0.15, -0.1) is 21.7 Å². The molecular weight excluding hydrogens is 318 g/mol. The highest BCUT2D eigenvalue weighted by atomic mass is 35.5. The molecule has 8 nitrogen and oxygen atoms in total. The molecule has 0 spiro atoms. The van der Waals surface area contributed by atoms with Crippen LogP contribution < -0.4 is 11.1 Å². The maximum Gasteiger partial charge on any atom is 0.291 e. The molecule has 0 radical (unpaired) electrons. The van der Waals surface area contributed by atoms with Crippen LogP contribution in [0.3, 0.4) is 0 Å². The number of aromatic amines is 2. The Morgan fingerprint density at radius 1 is 1.32 bits per heavy atom. The largest absolute Gasteiger partial charge is 0.328 e. The first-order chi connectivity index (χ1) is 8.88. The maximum absolute atomic E-state index is 10.5. The van der Waals surface area contributed by atoms with Crippen molar-refractivity contribution in [1.82, 2.24) is 8.75 Å². The fourth-order valence-electron chi connectivity index (χ4n) is 0.671. The molecule has 0 fully saturated rings. The van der Waals surface area contributed by atoms with Crippen LogP contribution >= 0.6 is 34.7 Å². The molecular formula is C8H10ClN3O5S2. The number of nitrogens with one attached hydrogen (secondary N) is 2. The second-order valence-electron chi connectivity index (χ2n) is 2.91. The summed E-state index contributed by atoms with van der Waals surface area (Å²) in [6.45, 7) is 1.79. The van der Waals surface area contributed by atoms with E-state index in [0.717, 1.165) is 5.56 Å². The highest BCUT2D eigenvalue weighted by Gasteiger charge is 1.94. The van der Waals surface area contributed by atoms with Crippen LogP contribution in [-0.4, -0.2) is 19.0 Å². The van der Waals surface area contributed by atoms with Gasteiger partial charge in [-0.05, 0) is 6.92 Å². The Morgan fingerprint density at radius 3 is 1.95 bits per heavy atom. The summed E-state index contributed by atoms with van der Waals surface area (Å²) in [5.41, 5.74) is 1.41. The highest BCUT2D eigenvalue weighted by molar-refractivity contribution is 7.03. The molecule has 11 heteroatoms. The van der Waals surface area contributed by atoms with E-state index in [1.807, 2.05) is 0 Å². The maximum atomic E-state index is 10.5. The topological polar surface area (TPSA) is 129 Å². The number of hydrogen-bond acceptors (Lipinski definition) is 6. The number of aryl methyl sites for hydroxylation is 1. The number of H-pyrrole nitrogens is 2. The molecule has 106 valence electrons. The van der Waals surface area contributed by atoms with Crippen molar-refractivity contribution in [3.05, 3.63) is 52.7 Å². The van der Waals surface area contributed by atoms with Gasteiger partial charge in [-0.3, -0.25) is 18.3 Å². The van der Waals surface area contributed by atoms with Crippen molar-refractivity contribution in [2.75, 3.05) is 0 Å². The van der Waals surface area contributed by atoms with Crippen molar-refractivity contribution in [1.29, 1.82) is 0 Å². The first-order valence-electron chi connectivity index (χ1n) is 4.55. The molecule has 0 saturated heterocycles. The van der Waals surface area contributed by atoms with Gasteiger partial charge in [-0.2, -0.15) is 0 Å². The number of hydrogen-bond donors (Lipinski definition) is 3. The zero-order chi connectivity index (χ0) is 14.8. The van der Waals surface area contributed by atoms with Crippen molar-refractivity contribution in [2.45, 2.75) is 12.8 Å². The van der Waals surface area contributed by atoms with Crippen molar-refractivity contribution >= 4 is 34.7 Å². The summed E-state index contributed by atoms with van der Waals surface area (Å²) in [5, 5.41) is 17.2. The molecule has 0 aliphatic rings. The van der Waals surface area contributed by atoms with Gasteiger partial charge in [0.05, 0.1) is 5.88 Å². The van der Waals surface area contributed by atoms with Gasteiger partial charge >= 0.3 is 0 Å². The van der Waals surface area contributed by atoms with E-state index in [1.54, 1.807) is 17.7 Å². The number of alkyl halides is 1. The van der Waals surface area contributed by atoms with Gasteiger partial charge in [0.1, 0.15) is 0 Å². The molecule has 19 heavy (non-hydrogen) atoms. The highest BCUT2D eigenvalue weighted by Crippen LogP contribution is 1.97. The van der Waals surface area contributed by atoms with Crippen LogP contribution in [0.2, 0.25) is 0 Å². The van der Waals surface area contributed by atoms with Crippen LogP contribution in [0.15, 0.2) is 20.3 Å². The van der Waals surface area contributed by atoms with Crippen molar-refractivity contribution < 1.29 is 10.3 Å². The molecule has 2 aromatic heterocycles. The van der Waals surface area contributed by atoms with E-state index in [2.05, 4.69) is 8.75 Å². The predicted molar refractivity (Wildman–Crippen MR) is 73.0 cm³/mol. The average molecular weight is 328 g/mol. The number of halogens is 1. The lowest BCUT2D eigenvalue weighted by molar-refractivity contribution is -0.742. The Hall–Kier alpha value is -1.65. The van der Waals surface area contributed by atoms with Crippen LogP contribution in [0.25, 0.3) is 0 Å². The van der Waals surface area contributed by atoms with E-state index in [4.69, 9.17) is 26.9 Å². The van der Waals surface area contributed by atoms with E-state index in [9.17, 15) is 9.59 Å². The zero-order valence-corrected chi connectivity index (χ0v) is 12.0. The van der Waals surface area contributed by atoms with Gasteiger partial charge < -0.3 is 5.21 Å². The molecule has 0 aromatic carbocycles. The van der Waals surface area contributed by atoms with E-state index < -0.39 is 5.09 Å². The molecule has 2 heterocycles. The first kappa shape index (κ1) is 17.4. The molecule has 2 rings (SSSR count). The van der Waals surface area contributed by atoms with Crippen LogP contribution in [0.1, 0.15) is 11.1 Å². The molecule has 0 unspecified atom stereocenters. The summed E-state index contributed by atoms with van der Waals surface area (Å²) < 4.78 is 5.08. The Bertz CT molecular complexity index is 598. The number of nitrogens with zero attached hydrogens (tertiary/aromatic N) is 1. The van der Waals surface area contributed by atoms with Crippen molar-refractivity contribution in [3.63, 3.8) is 0 Å². The Labute approximate surface area is 119 Å². The Morgan fingerprint density at radius 2 is 1.79 bits per heavy atom. The molecule has 0 bridgehead atoms. The predicted octanol–water partition coefficient (Wildman–Crippen LogP) is 1.57. The monoisotopic (exact) mass is 327 g/mol. The van der Waals surface area contributed by atoms with Gasteiger partial charge in [0.25, 0.3) is 16.2 Å². The fourth-order valence-corrected chi connectivity index (χ4v) is 2.20. The standard InChI is InChI=1S/C4H4ClNOS.C4H5NOS.HNO3/c5-1-3-2-8-6-4(3)7;1-3-2-7-5-4(3)6;2-1(3)4/h2H,1H2,(H,6,7);2H,1H3,(H,5,6);(H,2,3,4). The van der Waals surface area contributed by atoms with Gasteiger partial charge in [0.15, 0.2) is 0 Å². The van der Waals surface area contributed by atoms with Gasteiger partial charge in [0.2, 0.25) is 0 Å². The van der Waals surface area contributed by atoms with Gasteiger partial charge in [-0.1, -0.05) is 23.1 Å². The fraction of sp³-hybridized carbons (Fsp3) is 0.250. The third kappa shape index (κ3) is 8.13. The molecule has 2 aromatic rings. The van der Waals surface area contributed by atoms with E-state index in [0.29, 0.717) is 11.4 Å². The lowest BCUT2D eigenvalue weighted by Crippen LogP contribution is -2.01. The van der Waals surface area contributed by atoms with Gasteiger partial charge in [-0.25, -0.2) is 0 Å². The van der Waals surface area contributed by atoms with E-state index >= 15 is 0 Å². The third-order valence-electron chi connectivity index (χ3n) is 1.53. The Kier molecular flexibility index (Phi) is 8.49. The minimum Gasteiger partial charge on any atom is -0.328 e. The summed E-state index contributed by atoms with van der Waals surface area (Å²) in [6.07, 6.45) is 0. The van der Waals surface area contributed by atoms with Crippen LogP contribution in [-0.2, 0) is 5.88 Å². The lowest BCUT2D eigenvalue weighted by Gasteiger charge is -1.74. The number of rotatable bonds is 1. The minimum absolute atomic E-state index is 0.0324. The Balaban J connectivity index is 0.000000272. The normalized spacial score (nSPS) is 8.74. The van der Waals surface area contributed by atoms with Crippen LogP contribution in [0.5, 0.6) is 0 Å². The molecule has 3 N–H and O–H groups in total. The second kappa shape index (κ2) is 9.30. The summed E-state index contributed by atoms with van der Waals surface area (Å²) in [4.78, 5) is 29.3. The SMILES string of the molecule is Cc1cs[nH]c1=O.O=[N+]([O-])O.O=c1[nH]scc1CCl. The average Bonchev–Trinajstić information content (AvgIpc) is 2.89. The summed E-state index contributed by atoms with van der Waals surface area (Å²) in [6, 6.07) is 0.